The van der Waals surface area contributed by atoms with E-state index in [9.17, 15) is 4.79 Å². The van der Waals surface area contributed by atoms with E-state index in [1.54, 1.807) is 22.2 Å². The predicted molar refractivity (Wildman–Crippen MR) is 85.8 cm³/mol. The summed E-state index contributed by atoms with van der Waals surface area (Å²) >= 11 is 1.60. The van der Waals surface area contributed by atoms with Gasteiger partial charge in [0.2, 0.25) is 0 Å². The first kappa shape index (κ1) is 15.2. The maximum Gasteiger partial charge on any atom is 0.262 e. The molecule has 0 saturated carbocycles. The molecule has 4 nitrogen and oxygen atoms in total. The van der Waals surface area contributed by atoms with Gasteiger partial charge in [-0.1, -0.05) is 6.92 Å². The van der Waals surface area contributed by atoms with Crippen LogP contribution in [0.2, 0.25) is 0 Å². The average Bonchev–Trinajstić information content (AvgIpc) is 2.72. The monoisotopic (exact) mass is 293 g/mol. The molecule has 2 aromatic rings. The third-order valence-corrected chi connectivity index (χ3v) is 5.08. The Morgan fingerprint density at radius 3 is 2.75 bits per heavy atom. The number of nitrogens with zero attached hydrogens (tertiary/aromatic N) is 2. The van der Waals surface area contributed by atoms with Gasteiger partial charge in [-0.3, -0.25) is 9.36 Å². The summed E-state index contributed by atoms with van der Waals surface area (Å²) < 4.78 is 1.75. The van der Waals surface area contributed by atoms with Gasteiger partial charge in [0.15, 0.2) is 0 Å². The smallest absolute Gasteiger partial charge is 0.262 e. The van der Waals surface area contributed by atoms with Crippen molar-refractivity contribution in [3.05, 3.63) is 27.1 Å². The number of aromatic nitrogens is 2. The number of rotatable bonds is 5. The van der Waals surface area contributed by atoms with E-state index < -0.39 is 0 Å². The van der Waals surface area contributed by atoms with E-state index in [4.69, 9.17) is 0 Å². The Morgan fingerprint density at radius 2 is 2.10 bits per heavy atom. The highest BCUT2D eigenvalue weighted by Crippen LogP contribution is 2.25. The summed E-state index contributed by atoms with van der Waals surface area (Å²) in [5.74, 6) is 0. The standard InChI is InChI=1S/C15H23N3OS/c1-6-9(2)16-7-10(3)18-8-17-14-13(15(18)19)11(4)12(5)20-14/h8-10,16H,6-7H2,1-5H3. The molecule has 1 N–H and O–H groups in total. The summed E-state index contributed by atoms with van der Waals surface area (Å²) in [7, 11) is 0. The zero-order valence-electron chi connectivity index (χ0n) is 12.9. The molecule has 0 amide bonds. The van der Waals surface area contributed by atoms with Crippen molar-refractivity contribution < 1.29 is 0 Å². The van der Waals surface area contributed by atoms with Gasteiger partial charge in [-0.05, 0) is 39.7 Å². The largest absolute Gasteiger partial charge is 0.312 e. The molecule has 0 bridgehead atoms. The predicted octanol–water partition coefficient (Wildman–Crippen LogP) is 3.02. The van der Waals surface area contributed by atoms with E-state index in [-0.39, 0.29) is 11.6 Å². The molecule has 0 aromatic carbocycles. The Hall–Kier alpha value is -1.20. The molecular formula is C15H23N3OS. The van der Waals surface area contributed by atoms with E-state index in [1.807, 2.05) is 13.8 Å². The van der Waals surface area contributed by atoms with Gasteiger partial charge in [-0.15, -0.1) is 11.3 Å². The lowest BCUT2D eigenvalue weighted by Crippen LogP contribution is -2.34. The number of thiophene rings is 1. The van der Waals surface area contributed by atoms with Gasteiger partial charge in [-0.2, -0.15) is 0 Å². The first-order valence-corrected chi connectivity index (χ1v) is 7.97. The van der Waals surface area contributed by atoms with Crippen LogP contribution in [0.1, 0.15) is 43.7 Å². The lowest BCUT2D eigenvalue weighted by Gasteiger charge is -2.18. The summed E-state index contributed by atoms with van der Waals surface area (Å²) in [6.07, 6.45) is 2.77. The van der Waals surface area contributed by atoms with Crippen molar-refractivity contribution in [3.63, 3.8) is 0 Å². The van der Waals surface area contributed by atoms with Gasteiger partial charge in [0.25, 0.3) is 5.56 Å². The van der Waals surface area contributed by atoms with Crippen LogP contribution in [0.15, 0.2) is 11.1 Å². The second-order valence-corrected chi connectivity index (χ2v) is 6.69. The highest BCUT2D eigenvalue weighted by molar-refractivity contribution is 7.18. The molecule has 0 spiro atoms. The molecule has 0 fully saturated rings. The van der Waals surface area contributed by atoms with Gasteiger partial charge in [-0.25, -0.2) is 4.98 Å². The Bertz CT molecular complexity index is 659. The van der Waals surface area contributed by atoms with Crippen LogP contribution in [0.4, 0.5) is 0 Å². The number of nitrogens with one attached hydrogen (secondary N) is 1. The second kappa shape index (κ2) is 6.06. The minimum Gasteiger partial charge on any atom is -0.312 e. The van der Waals surface area contributed by atoms with Gasteiger partial charge in [0.1, 0.15) is 4.83 Å². The summed E-state index contributed by atoms with van der Waals surface area (Å²) in [4.78, 5) is 19.1. The lowest BCUT2D eigenvalue weighted by molar-refractivity contribution is 0.436. The summed E-state index contributed by atoms with van der Waals surface area (Å²) in [6, 6.07) is 0.572. The quantitative estimate of drug-likeness (QED) is 0.921. The lowest BCUT2D eigenvalue weighted by atomic mass is 10.2. The van der Waals surface area contributed by atoms with Crippen molar-refractivity contribution >= 4 is 21.6 Å². The number of hydrogen-bond acceptors (Lipinski definition) is 4. The van der Waals surface area contributed by atoms with Crippen molar-refractivity contribution in [2.45, 2.75) is 53.1 Å². The fourth-order valence-electron chi connectivity index (χ4n) is 2.18. The van der Waals surface area contributed by atoms with E-state index in [0.29, 0.717) is 6.04 Å². The molecule has 0 aliphatic rings. The number of fused-ring (bicyclic) bond motifs is 1. The first-order chi connectivity index (χ1) is 9.45. The first-order valence-electron chi connectivity index (χ1n) is 7.15. The fraction of sp³-hybridized carbons (Fsp3) is 0.600. The molecule has 0 saturated heterocycles. The molecule has 2 atom stereocenters. The topological polar surface area (TPSA) is 46.9 Å². The molecule has 2 unspecified atom stereocenters. The van der Waals surface area contributed by atoms with E-state index in [1.165, 1.54) is 4.88 Å². The summed E-state index contributed by atoms with van der Waals surface area (Å²) in [6.45, 7) is 11.2. The van der Waals surface area contributed by atoms with Crippen LogP contribution in [0.3, 0.4) is 0 Å². The van der Waals surface area contributed by atoms with Crippen LogP contribution < -0.4 is 10.9 Å². The maximum absolute atomic E-state index is 12.6. The van der Waals surface area contributed by atoms with E-state index in [0.717, 1.165) is 28.7 Å². The second-order valence-electron chi connectivity index (χ2n) is 5.49. The minimum atomic E-state index is 0.0790. The van der Waals surface area contributed by atoms with Crippen molar-refractivity contribution in [2.75, 3.05) is 6.54 Å². The third-order valence-electron chi connectivity index (χ3n) is 3.96. The van der Waals surface area contributed by atoms with Crippen molar-refractivity contribution in [3.8, 4) is 0 Å². The average molecular weight is 293 g/mol. The molecule has 2 rings (SSSR count). The Kier molecular flexibility index (Phi) is 4.60. The normalized spacial score (nSPS) is 14.7. The third kappa shape index (κ3) is 2.79. The van der Waals surface area contributed by atoms with Crippen LogP contribution in [0.25, 0.3) is 10.2 Å². The summed E-state index contributed by atoms with van der Waals surface area (Å²) in [5.41, 5.74) is 1.15. The SMILES string of the molecule is CCC(C)NCC(C)n1cnc2sc(C)c(C)c2c1=O. The van der Waals surface area contributed by atoms with Crippen LogP contribution >= 0.6 is 11.3 Å². The highest BCUT2D eigenvalue weighted by Gasteiger charge is 2.15. The molecule has 0 radical (unpaired) electrons. The van der Waals surface area contributed by atoms with Gasteiger partial charge in [0.05, 0.1) is 11.7 Å². The molecular weight excluding hydrogens is 270 g/mol. The highest BCUT2D eigenvalue weighted by atomic mass is 32.1. The van der Waals surface area contributed by atoms with E-state index >= 15 is 0 Å². The molecule has 0 aliphatic carbocycles. The number of aryl methyl sites for hydroxylation is 2. The Labute approximate surface area is 123 Å². The molecule has 2 heterocycles. The van der Waals surface area contributed by atoms with Crippen LogP contribution in [-0.2, 0) is 0 Å². The van der Waals surface area contributed by atoms with Gasteiger partial charge >= 0.3 is 0 Å². The fourth-order valence-corrected chi connectivity index (χ4v) is 3.16. The molecule has 110 valence electrons. The molecule has 0 aliphatic heterocycles. The summed E-state index contributed by atoms with van der Waals surface area (Å²) in [5, 5.41) is 4.22. The molecule has 2 aromatic heterocycles. The maximum atomic E-state index is 12.6. The Balaban J connectivity index is 2.33. The van der Waals surface area contributed by atoms with Crippen molar-refractivity contribution in [2.24, 2.45) is 0 Å². The number of hydrogen-bond donors (Lipinski definition) is 1. The van der Waals surface area contributed by atoms with Gasteiger partial charge in [0, 0.05) is 23.5 Å². The zero-order chi connectivity index (χ0) is 14.9. The van der Waals surface area contributed by atoms with Crippen molar-refractivity contribution in [1.29, 1.82) is 0 Å². The van der Waals surface area contributed by atoms with Crippen molar-refractivity contribution in [1.82, 2.24) is 14.9 Å². The Morgan fingerprint density at radius 1 is 1.40 bits per heavy atom. The van der Waals surface area contributed by atoms with Crippen LogP contribution in [0, 0.1) is 13.8 Å². The van der Waals surface area contributed by atoms with Gasteiger partial charge < -0.3 is 5.32 Å². The van der Waals surface area contributed by atoms with Crippen LogP contribution in [0.5, 0.6) is 0 Å². The minimum absolute atomic E-state index is 0.0790. The molecule has 5 heteroatoms. The van der Waals surface area contributed by atoms with Crippen LogP contribution in [-0.4, -0.2) is 22.1 Å². The molecule has 20 heavy (non-hydrogen) atoms. The van der Waals surface area contributed by atoms with E-state index in [2.05, 4.69) is 31.1 Å². The zero-order valence-corrected chi connectivity index (χ0v) is 13.7.